The Morgan fingerprint density at radius 2 is 2.04 bits per heavy atom. The number of hydrogen-bond donors (Lipinski definition) is 0. The van der Waals surface area contributed by atoms with Crippen LogP contribution >= 0.6 is 0 Å². The Bertz CT molecular complexity index is 698. The van der Waals surface area contributed by atoms with Gasteiger partial charge in [0.1, 0.15) is 12.7 Å². The second-order valence-electron chi connectivity index (χ2n) is 5.22. The number of carbonyl (C=O) groups excluding carboxylic acids is 1. The van der Waals surface area contributed by atoms with Crippen LogP contribution in [0.4, 0.5) is 0 Å². The molecule has 0 saturated carbocycles. The summed E-state index contributed by atoms with van der Waals surface area (Å²) in [6, 6.07) is 5.40. The first-order valence-corrected chi connectivity index (χ1v) is 7.55. The van der Waals surface area contributed by atoms with Crippen molar-refractivity contribution >= 4 is 12.1 Å². The highest BCUT2D eigenvalue weighted by Crippen LogP contribution is 2.29. The van der Waals surface area contributed by atoms with Gasteiger partial charge >= 0.3 is 0 Å². The van der Waals surface area contributed by atoms with Crippen LogP contribution in [0, 0.1) is 0 Å². The van der Waals surface area contributed by atoms with Gasteiger partial charge in [0.05, 0.1) is 12.8 Å². The van der Waals surface area contributed by atoms with Crippen molar-refractivity contribution in [2.45, 2.75) is 20.0 Å². The molecule has 1 atom stereocenters. The lowest BCUT2D eigenvalue weighted by atomic mass is 10.2. The molecule has 0 aliphatic heterocycles. The standard InChI is InChI=1S/C16H21N5O3/c1-5-23-15-8-13(9-19-21-10-17-18-11-21)6-7-14(15)24-12(2)16(22)20(3)4/h6-12H,5H2,1-4H3/b19-9-/t12-/m0/s1. The van der Waals surface area contributed by atoms with Gasteiger partial charge in [-0.2, -0.15) is 5.10 Å². The molecular formula is C16H21N5O3. The van der Waals surface area contributed by atoms with E-state index in [1.54, 1.807) is 39.4 Å². The van der Waals surface area contributed by atoms with Crippen LogP contribution in [0.15, 0.2) is 36.0 Å². The molecule has 0 N–H and O–H groups in total. The Morgan fingerprint density at radius 3 is 2.67 bits per heavy atom. The zero-order valence-corrected chi connectivity index (χ0v) is 14.2. The Hall–Kier alpha value is -2.90. The minimum Gasteiger partial charge on any atom is -0.490 e. The van der Waals surface area contributed by atoms with E-state index in [9.17, 15) is 4.79 Å². The lowest BCUT2D eigenvalue weighted by molar-refractivity contribution is -0.135. The third-order valence-corrected chi connectivity index (χ3v) is 3.11. The van der Waals surface area contributed by atoms with Crippen molar-refractivity contribution < 1.29 is 14.3 Å². The molecule has 1 heterocycles. The molecule has 2 rings (SSSR count). The minimum atomic E-state index is -0.601. The summed E-state index contributed by atoms with van der Waals surface area (Å²) in [7, 11) is 3.38. The Balaban J connectivity index is 2.18. The first-order chi connectivity index (χ1) is 11.5. The molecule has 2 aromatic rings. The van der Waals surface area contributed by atoms with Gasteiger partial charge in [-0.1, -0.05) is 0 Å². The normalized spacial score (nSPS) is 12.2. The number of ether oxygens (including phenoxy) is 2. The molecule has 24 heavy (non-hydrogen) atoms. The van der Waals surface area contributed by atoms with E-state index >= 15 is 0 Å². The molecule has 1 amide bonds. The van der Waals surface area contributed by atoms with Crippen molar-refractivity contribution in [2.75, 3.05) is 20.7 Å². The van der Waals surface area contributed by atoms with Gasteiger partial charge in [-0.05, 0) is 37.6 Å². The van der Waals surface area contributed by atoms with Crippen molar-refractivity contribution in [3.63, 3.8) is 0 Å². The number of likely N-dealkylation sites (N-methyl/N-ethyl adjacent to an activating group) is 1. The molecule has 0 aliphatic rings. The molecule has 0 fully saturated rings. The molecule has 0 spiro atoms. The van der Waals surface area contributed by atoms with E-state index in [1.807, 2.05) is 13.0 Å². The van der Waals surface area contributed by atoms with E-state index in [0.29, 0.717) is 18.1 Å². The Labute approximate surface area is 140 Å². The van der Waals surface area contributed by atoms with E-state index in [4.69, 9.17) is 9.47 Å². The van der Waals surface area contributed by atoms with Gasteiger partial charge < -0.3 is 14.4 Å². The second kappa shape index (κ2) is 8.09. The molecule has 0 aliphatic carbocycles. The lowest BCUT2D eigenvalue weighted by Crippen LogP contribution is -2.35. The van der Waals surface area contributed by atoms with Crippen LogP contribution in [-0.2, 0) is 4.79 Å². The molecule has 128 valence electrons. The Kier molecular flexibility index (Phi) is 5.89. The number of amides is 1. The predicted octanol–water partition coefficient (Wildman–Crippen LogP) is 1.41. The molecule has 1 aromatic heterocycles. The summed E-state index contributed by atoms with van der Waals surface area (Å²) in [5.74, 6) is 0.959. The number of benzene rings is 1. The van der Waals surface area contributed by atoms with E-state index in [0.717, 1.165) is 5.56 Å². The molecular weight excluding hydrogens is 310 g/mol. The zero-order valence-electron chi connectivity index (χ0n) is 14.2. The first kappa shape index (κ1) is 17.5. The summed E-state index contributed by atoms with van der Waals surface area (Å²) < 4.78 is 12.8. The number of rotatable bonds is 7. The van der Waals surface area contributed by atoms with E-state index in [1.165, 1.54) is 22.2 Å². The van der Waals surface area contributed by atoms with Crippen molar-refractivity contribution in [1.29, 1.82) is 0 Å². The fraction of sp³-hybridized carbons (Fsp3) is 0.375. The smallest absolute Gasteiger partial charge is 0.262 e. The maximum atomic E-state index is 11.9. The van der Waals surface area contributed by atoms with Crippen molar-refractivity contribution in [3.8, 4) is 11.5 Å². The largest absolute Gasteiger partial charge is 0.490 e. The highest BCUT2D eigenvalue weighted by atomic mass is 16.5. The maximum absolute atomic E-state index is 11.9. The number of nitrogens with zero attached hydrogens (tertiary/aromatic N) is 5. The van der Waals surface area contributed by atoms with Gasteiger partial charge in [0.15, 0.2) is 17.6 Å². The molecule has 0 unspecified atom stereocenters. The number of aromatic nitrogens is 3. The van der Waals surface area contributed by atoms with Crippen LogP contribution in [0.1, 0.15) is 19.4 Å². The molecule has 8 heteroatoms. The average Bonchev–Trinajstić information content (AvgIpc) is 3.07. The van der Waals surface area contributed by atoms with Crippen molar-refractivity contribution in [3.05, 3.63) is 36.4 Å². The summed E-state index contributed by atoms with van der Waals surface area (Å²) in [6.07, 6.45) is 4.04. The average molecular weight is 331 g/mol. The molecule has 1 aromatic carbocycles. The summed E-state index contributed by atoms with van der Waals surface area (Å²) in [5.41, 5.74) is 0.825. The molecule has 0 saturated heterocycles. The molecule has 0 bridgehead atoms. The topological polar surface area (TPSA) is 81.8 Å². The van der Waals surface area contributed by atoms with E-state index in [-0.39, 0.29) is 5.91 Å². The van der Waals surface area contributed by atoms with Gasteiger partial charge in [-0.15, -0.1) is 10.2 Å². The van der Waals surface area contributed by atoms with Crippen LogP contribution in [0.3, 0.4) is 0 Å². The highest BCUT2D eigenvalue weighted by Gasteiger charge is 2.18. The quantitative estimate of drug-likeness (QED) is 0.717. The second-order valence-corrected chi connectivity index (χ2v) is 5.22. The number of carbonyl (C=O) groups is 1. The van der Waals surface area contributed by atoms with Crippen molar-refractivity contribution in [1.82, 2.24) is 19.8 Å². The monoisotopic (exact) mass is 331 g/mol. The van der Waals surface area contributed by atoms with Gasteiger partial charge in [-0.3, -0.25) is 4.79 Å². The first-order valence-electron chi connectivity index (χ1n) is 7.55. The maximum Gasteiger partial charge on any atom is 0.262 e. The summed E-state index contributed by atoms with van der Waals surface area (Å²) >= 11 is 0. The third kappa shape index (κ3) is 4.55. The minimum absolute atomic E-state index is 0.115. The number of hydrogen-bond acceptors (Lipinski definition) is 6. The van der Waals surface area contributed by atoms with Crippen LogP contribution in [0.5, 0.6) is 11.5 Å². The summed E-state index contributed by atoms with van der Waals surface area (Å²) in [6.45, 7) is 4.08. The van der Waals surface area contributed by atoms with Crippen molar-refractivity contribution in [2.24, 2.45) is 5.10 Å². The fourth-order valence-electron chi connectivity index (χ4n) is 1.96. The lowest BCUT2D eigenvalue weighted by Gasteiger charge is -2.20. The molecule has 8 nitrogen and oxygen atoms in total. The SMILES string of the molecule is CCOc1cc(/C=N\n2cnnc2)ccc1O[C@@H](C)C(=O)N(C)C. The van der Waals surface area contributed by atoms with Gasteiger partial charge in [0.2, 0.25) is 0 Å². The van der Waals surface area contributed by atoms with E-state index in [2.05, 4.69) is 15.3 Å². The Morgan fingerprint density at radius 1 is 1.33 bits per heavy atom. The fourth-order valence-corrected chi connectivity index (χ4v) is 1.96. The van der Waals surface area contributed by atoms with Crippen LogP contribution in [-0.4, -0.2) is 58.7 Å². The molecule has 0 radical (unpaired) electrons. The zero-order chi connectivity index (χ0) is 17.5. The predicted molar refractivity (Wildman–Crippen MR) is 89.4 cm³/mol. The summed E-state index contributed by atoms with van der Waals surface area (Å²) in [5, 5.41) is 11.5. The highest BCUT2D eigenvalue weighted by molar-refractivity contribution is 5.82. The third-order valence-electron chi connectivity index (χ3n) is 3.11. The van der Waals surface area contributed by atoms with E-state index < -0.39 is 6.10 Å². The van der Waals surface area contributed by atoms with Crippen LogP contribution < -0.4 is 9.47 Å². The van der Waals surface area contributed by atoms with Gasteiger partial charge in [0.25, 0.3) is 5.91 Å². The van der Waals surface area contributed by atoms with Crippen LogP contribution in [0.2, 0.25) is 0 Å². The van der Waals surface area contributed by atoms with Gasteiger partial charge in [0, 0.05) is 14.1 Å². The van der Waals surface area contributed by atoms with Crippen LogP contribution in [0.25, 0.3) is 0 Å². The van der Waals surface area contributed by atoms with Gasteiger partial charge in [-0.25, -0.2) is 4.68 Å². The summed E-state index contributed by atoms with van der Waals surface area (Å²) in [4.78, 5) is 13.4.